The van der Waals surface area contributed by atoms with E-state index in [-0.39, 0.29) is 0 Å². The second-order valence-corrected chi connectivity index (χ2v) is 9.32. The van der Waals surface area contributed by atoms with Crippen LogP contribution in [-0.4, -0.2) is 45.9 Å². The highest BCUT2D eigenvalue weighted by atomic mass is 15.3. The molecule has 2 aliphatic rings. The number of nitrogens with one attached hydrogen (secondary N) is 1. The third kappa shape index (κ3) is 3.78. The molecule has 1 fully saturated rings. The standard InChI is InChI=1S/C27H28N8/c1-18-21(6-8-26(31-18)33-12-10-29-11-13-33)15-35-25-17-34(16-23(25)19(2)32-35)24-7-5-20(14-28)27-22(24)4-3-9-30-27/h3-9,29H,10-13,15-17H2,1-2H3. The molecule has 0 bridgehead atoms. The van der Waals surface area contributed by atoms with E-state index in [1.807, 2.05) is 18.2 Å². The maximum atomic E-state index is 9.50. The van der Waals surface area contributed by atoms with Gasteiger partial charge in [-0.15, -0.1) is 0 Å². The van der Waals surface area contributed by atoms with Gasteiger partial charge >= 0.3 is 0 Å². The van der Waals surface area contributed by atoms with Crippen molar-refractivity contribution in [3.63, 3.8) is 0 Å². The van der Waals surface area contributed by atoms with E-state index in [0.29, 0.717) is 12.1 Å². The molecule has 4 aromatic rings. The number of hydrogen-bond acceptors (Lipinski definition) is 7. The molecule has 8 nitrogen and oxygen atoms in total. The van der Waals surface area contributed by atoms with Crippen LogP contribution in [0.4, 0.5) is 11.5 Å². The molecule has 0 atom stereocenters. The lowest BCUT2D eigenvalue weighted by molar-refractivity contribution is 0.583. The summed E-state index contributed by atoms with van der Waals surface area (Å²) in [5.74, 6) is 1.06. The van der Waals surface area contributed by atoms with Gasteiger partial charge < -0.3 is 15.1 Å². The van der Waals surface area contributed by atoms with Crippen molar-refractivity contribution in [2.24, 2.45) is 0 Å². The van der Waals surface area contributed by atoms with Gasteiger partial charge in [-0.05, 0) is 49.7 Å². The van der Waals surface area contributed by atoms with E-state index in [2.05, 4.69) is 62.9 Å². The van der Waals surface area contributed by atoms with E-state index in [9.17, 15) is 5.26 Å². The Bertz CT molecular complexity index is 1460. The van der Waals surface area contributed by atoms with Gasteiger partial charge in [0.1, 0.15) is 11.9 Å². The van der Waals surface area contributed by atoms with E-state index in [0.717, 1.165) is 73.1 Å². The fraction of sp³-hybridized carbons (Fsp3) is 0.333. The summed E-state index contributed by atoms with van der Waals surface area (Å²) in [5.41, 5.74) is 8.32. The predicted molar refractivity (Wildman–Crippen MR) is 136 cm³/mol. The topological polar surface area (TPSA) is 85.9 Å². The number of fused-ring (bicyclic) bond motifs is 2. The molecule has 6 rings (SSSR count). The van der Waals surface area contributed by atoms with Crippen LogP contribution < -0.4 is 15.1 Å². The molecule has 0 amide bonds. The SMILES string of the molecule is Cc1nc(N2CCNCC2)ccc1Cn1nc(C)c2c1CN(c1ccc(C#N)c3ncccc13)C2. The molecule has 3 aromatic heterocycles. The van der Waals surface area contributed by atoms with Gasteiger partial charge in [-0.1, -0.05) is 6.07 Å². The number of pyridine rings is 2. The summed E-state index contributed by atoms with van der Waals surface area (Å²) in [6, 6.07) is 14.5. The number of anilines is 2. The maximum absolute atomic E-state index is 9.50. The van der Waals surface area contributed by atoms with Crippen LogP contribution in [0.1, 0.15) is 33.8 Å². The zero-order valence-electron chi connectivity index (χ0n) is 20.1. The summed E-state index contributed by atoms with van der Waals surface area (Å²) in [6.45, 7) is 10.5. The zero-order chi connectivity index (χ0) is 23.9. The highest BCUT2D eigenvalue weighted by Crippen LogP contribution is 2.35. The Balaban J connectivity index is 1.28. The van der Waals surface area contributed by atoms with Crippen molar-refractivity contribution in [2.45, 2.75) is 33.5 Å². The van der Waals surface area contributed by atoms with Crippen molar-refractivity contribution in [1.82, 2.24) is 25.1 Å². The van der Waals surface area contributed by atoms with Gasteiger partial charge in [-0.25, -0.2) is 4.98 Å². The van der Waals surface area contributed by atoms with Crippen LogP contribution in [0.5, 0.6) is 0 Å². The molecule has 8 heteroatoms. The van der Waals surface area contributed by atoms with Crippen LogP contribution in [0.2, 0.25) is 0 Å². The van der Waals surface area contributed by atoms with Gasteiger partial charge in [0.05, 0.1) is 35.6 Å². The molecule has 35 heavy (non-hydrogen) atoms. The molecule has 0 aliphatic carbocycles. The molecular formula is C27H28N8. The van der Waals surface area contributed by atoms with Crippen LogP contribution in [0, 0.1) is 25.2 Å². The molecule has 176 valence electrons. The monoisotopic (exact) mass is 464 g/mol. The molecule has 0 unspecified atom stereocenters. The van der Waals surface area contributed by atoms with E-state index in [1.165, 1.54) is 16.8 Å². The highest BCUT2D eigenvalue weighted by Gasteiger charge is 2.28. The third-order valence-electron chi connectivity index (χ3n) is 7.21. The van der Waals surface area contributed by atoms with Gasteiger partial charge in [0.15, 0.2) is 0 Å². The molecular weight excluding hydrogens is 436 g/mol. The second-order valence-electron chi connectivity index (χ2n) is 9.32. The summed E-state index contributed by atoms with van der Waals surface area (Å²) >= 11 is 0. The Kier molecular flexibility index (Phi) is 5.34. The average molecular weight is 465 g/mol. The fourth-order valence-electron chi connectivity index (χ4n) is 5.28. The summed E-state index contributed by atoms with van der Waals surface area (Å²) < 4.78 is 2.14. The number of piperazine rings is 1. The number of aryl methyl sites for hydroxylation is 2. The van der Waals surface area contributed by atoms with Crippen molar-refractivity contribution in [2.75, 3.05) is 36.0 Å². The number of rotatable bonds is 4. The Morgan fingerprint density at radius 3 is 2.66 bits per heavy atom. The van der Waals surface area contributed by atoms with Crippen LogP contribution in [-0.2, 0) is 19.6 Å². The number of benzene rings is 1. The Hall–Kier alpha value is -3.96. The first-order valence-corrected chi connectivity index (χ1v) is 12.1. The lowest BCUT2D eigenvalue weighted by Crippen LogP contribution is -2.43. The van der Waals surface area contributed by atoms with E-state index < -0.39 is 0 Å². The minimum Gasteiger partial charge on any atom is -0.361 e. The summed E-state index contributed by atoms with van der Waals surface area (Å²) in [6.07, 6.45) is 1.75. The van der Waals surface area contributed by atoms with E-state index >= 15 is 0 Å². The highest BCUT2D eigenvalue weighted by molar-refractivity contribution is 5.95. The molecule has 1 N–H and O–H groups in total. The van der Waals surface area contributed by atoms with Crippen molar-refractivity contribution in [1.29, 1.82) is 5.26 Å². The quantitative estimate of drug-likeness (QED) is 0.496. The Morgan fingerprint density at radius 1 is 1.00 bits per heavy atom. The van der Waals surface area contributed by atoms with Crippen LogP contribution in [0.25, 0.3) is 10.9 Å². The maximum Gasteiger partial charge on any atom is 0.128 e. The van der Waals surface area contributed by atoms with Gasteiger partial charge in [-0.3, -0.25) is 9.67 Å². The zero-order valence-corrected chi connectivity index (χ0v) is 20.1. The first-order chi connectivity index (χ1) is 17.1. The van der Waals surface area contributed by atoms with Crippen LogP contribution in [0.15, 0.2) is 42.6 Å². The summed E-state index contributed by atoms with van der Waals surface area (Å²) in [5, 5.41) is 18.8. The first-order valence-electron chi connectivity index (χ1n) is 12.1. The predicted octanol–water partition coefficient (Wildman–Crippen LogP) is 3.29. The normalized spacial score (nSPS) is 15.5. The van der Waals surface area contributed by atoms with Gasteiger partial charge in [0.2, 0.25) is 0 Å². The molecule has 1 saturated heterocycles. The number of aromatic nitrogens is 4. The van der Waals surface area contributed by atoms with Crippen LogP contribution in [0.3, 0.4) is 0 Å². The number of hydrogen-bond donors (Lipinski definition) is 1. The molecule has 0 saturated carbocycles. The smallest absolute Gasteiger partial charge is 0.128 e. The fourth-order valence-corrected chi connectivity index (χ4v) is 5.28. The number of nitriles is 1. The summed E-state index contributed by atoms with van der Waals surface area (Å²) in [4.78, 5) is 14.1. The van der Waals surface area contributed by atoms with Crippen molar-refractivity contribution < 1.29 is 0 Å². The molecule has 2 aliphatic heterocycles. The van der Waals surface area contributed by atoms with Gasteiger partial charge in [-0.2, -0.15) is 10.4 Å². The van der Waals surface area contributed by atoms with E-state index in [4.69, 9.17) is 10.1 Å². The lowest BCUT2D eigenvalue weighted by Gasteiger charge is -2.28. The molecule has 1 aromatic carbocycles. The molecule has 0 radical (unpaired) electrons. The second kappa shape index (κ2) is 8.67. The third-order valence-corrected chi connectivity index (χ3v) is 7.21. The minimum absolute atomic E-state index is 0.607. The number of nitrogens with zero attached hydrogens (tertiary/aromatic N) is 7. The average Bonchev–Trinajstić information content (AvgIpc) is 3.45. The largest absolute Gasteiger partial charge is 0.361 e. The van der Waals surface area contributed by atoms with Crippen LogP contribution >= 0.6 is 0 Å². The lowest BCUT2D eigenvalue weighted by atomic mass is 10.1. The Labute approximate surface area is 204 Å². The molecule has 0 spiro atoms. The van der Waals surface area contributed by atoms with E-state index in [1.54, 1.807) is 6.20 Å². The van der Waals surface area contributed by atoms with Crippen molar-refractivity contribution in [3.8, 4) is 6.07 Å². The van der Waals surface area contributed by atoms with Crippen molar-refractivity contribution in [3.05, 3.63) is 76.4 Å². The minimum atomic E-state index is 0.607. The first kappa shape index (κ1) is 21.6. The van der Waals surface area contributed by atoms with Gasteiger partial charge in [0.25, 0.3) is 0 Å². The summed E-state index contributed by atoms with van der Waals surface area (Å²) in [7, 11) is 0. The van der Waals surface area contributed by atoms with Crippen molar-refractivity contribution >= 4 is 22.4 Å². The Morgan fingerprint density at radius 2 is 1.86 bits per heavy atom. The van der Waals surface area contributed by atoms with Gasteiger partial charge in [0, 0.05) is 61.3 Å². The molecule has 5 heterocycles.